The van der Waals surface area contributed by atoms with Crippen molar-refractivity contribution in [3.63, 3.8) is 0 Å². The van der Waals surface area contributed by atoms with Gasteiger partial charge in [-0.3, -0.25) is 0 Å². The summed E-state index contributed by atoms with van der Waals surface area (Å²) in [5, 5.41) is 28.1. The number of carbonyl (C=O) groups excluding carboxylic acids is 1. The lowest BCUT2D eigenvalue weighted by molar-refractivity contribution is -0.132. The summed E-state index contributed by atoms with van der Waals surface area (Å²) in [6.45, 7) is 5.61. The highest BCUT2D eigenvalue weighted by atomic mass is 28.4. The van der Waals surface area contributed by atoms with Crippen molar-refractivity contribution in [1.82, 2.24) is 0 Å². The quantitative estimate of drug-likeness (QED) is 0.586. The van der Waals surface area contributed by atoms with Gasteiger partial charge in [0.1, 0.15) is 12.2 Å². The van der Waals surface area contributed by atoms with Crippen LogP contribution in [0.1, 0.15) is 6.42 Å². The van der Waals surface area contributed by atoms with Gasteiger partial charge in [-0.2, -0.15) is 0 Å². The molecule has 1 aliphatic carbocycles. The van der Waals surface area contributed by atoms with Gasteiger partial charge in [-0.1, -0.05) is 0 Å². The van der Waals surface area contributed by atoms with E-state index in [0.717, 1.165) is 0 Å². The average Bonchev–Trinajstić information content (AvgIpc) is 2.10. The second-order valence-corrected chi connectivity index (χ2v) is 9.38. The van der Waals surface area contributed by atoms with E-state index in [1.165, 1.54) is 6.08 Å². The molecular formula is C10H18O5Si. The molecule has 0 aliphatic heterocycles. The fourth-order valence-corrected chi connectivity index (χ4v) is 2.13. The molecule has 92 valence electrons. The maximum atomic E-state index is 11.7. The lowest BCUT2D eigenvalue weighted by Gasteiger charge is -2.28. The molecule has 0 saturated carbocycles. The summed E-state index contributed by atoms with van der Waals surface area (Å²) in [6, 6.07) is 0. The Morgan fingerprint density at radius 3 is 2.38 bits per heavy atom. The Balaban J connectivity index is 2.75. The number of hydrogen-bond donors (Lipinski definition) is 3. The van der Waals surface area contributed by atoms with E-state index in [4.69, 9.17) is 4.43 Å². The highest BCUT2D eigenvalue weighted by Gasteiger charge is 2.33. The Bertz CT molecular complexity index is 307. The first kappa shape index (κ1) is 13.4. The number of rotatable bonds is 2. The number of aliphatic hydroxyl groups is 3. The van der Waals surface area contributed by atoms with Crippen LogP contribution in [0.5, 0.6) is 0 Å². The Labute approximate surface area is 95.5 Å². The second kappa shape index (κ2) is 4.66. The third-order valence-corrected chi connectivity index (χ3v) is 3.00. The molecule has 0 fully saturated rings. The zero-order chi connectivity index (χ0) is 12.5. The smallest absolute Gasteiger partial charge is 0.320 e. The number of aliphatic hydroxyl groups excluding tert-OH is 3. The van der Waals surface area contributed by atoms with Crippen LogP contribution < -0.4 is 0 Å². The first-order valence-corrected chi connectivity index (χ1v) is 8.60. The standard InChI is InChI=1S/C10H18O5Si/c1-16(2,3)15-10(14)6-4-7(11)9(13)8(12)5-6/h4,7-9,11-13H,5H2,1-3H3/t7-,8+,9+/m1/s1. The Hall–Kier alpha value is -0.693. The number of hydrogen-bond acceptors (Lipinski definition) is 5. The molecule has 0 aromatic heterocycles. The highest BCUT2D eigenvalue weighted by Crippen LogP contribution is 2.21. The topological polar surface area (TPSA) is 87.0 Å². The minimum atomic E-state index is -1.98. The summed E-state index contributed by atoms with van der Waals surface area (Å²) in [7, 11) is -1.98. The maximum Gasteiger partial charge on any atom is 0.320 e. The molecule has 3 N–H and O–H groups in total. The van der Waals surface area contributed by atoms with Crippen LogP contribution in [0, 0.1) is 0 Å². The number of carbonyl (C=O) groups is 1. The molecule has 0 saturated heterocycles. The van der Waals surface area contributed by atoms with Gasteiger partial charge in [0.2, 0.25) is 8.32 Å². The molecule has 5 nitrogen and oxygen atoms in total. The molecule has 0 aromatic rings. The van der Waals surface area contributed by atoms with Gasteiger partial charge in [0, 0.05) is 12.0 Å². The summed E-state index contributed by atoms with van der Waals surface area (Å²) >= 11 is 0. The normalized spacial score (nSPS) is 30.9. The lowest BCUT2D eigenvalue weighted by Crippen LogP contribution is -2.42. The molecule has 1 rings (SSSR count). The molecular weight excluding hydrogens is 228 g/mol. The zero-order valence-electron chi connectivity index (χ0n) is 9.67. The van der Waals surface area contributed by atoms with Crippen LogP contribution in [0.2, 0.25) is 19.6 Å². The van der Waals surface area contributed by atoms with Crippen LogP contribution in [0.25, 0.3) is 0 Å². The Kier molecular flexibility index (Phi) is 3.90. The molecule has 1 aliphatic rings. The second-order valence-electron chi connectivity index (χ2n) is 4.95. The molecule has 3 atom stereocenters. The van der Waals surface area contributed by atoms with Crippen LogP contribution in [-0.4, -0.2) is 47.9 Å². The van der Waals surface area contributed by atoms with Crippen LogP contribution >= 0.6 is 0 Å². The van der Waals surface area contributed by atoms with E-state index in [-0.39, 0.29) is 12.0 Å². The minimum absolute atomic E-state index is 0.0154. The third-order valence-electron chi connectivity index (χ3n) is 2.21. The fourth-order valence-electron chi connectivity index (χ4n) is 1.44. The average molecular weight is 246 g/mol. The molecule has 0 bridgehead atoms. The molecule has 6 heteroatoms. The van der Waals surface area contributed by atoms with Gasteiger partial charge >= 0.3 is 5.97 Å². The predicted molar refractivity (Wildman–Crippen MR) is 60.2 cm³/mol. The molecule has 0 aromatic carbocycles. The van der Waals surface area contributed by atoms with E-state index in [1.54, 1.807) is 0 Å². The van der Waals surface area contributed by atoms with E-state index in [1.807, 2.05) is 19.6 Å². The molecule has 0 unspecified atom stereocenters. The molecule has 0 heterocycles. The first-order chi connectivity index (χ1) is 7.20. The van der Waals surface area contributed by atoms with Crippen molar-refractivity contribution in [3.8, 4) is 0 Å². The van der Waals surface area contributed by atoms with Gasteiger partial charge in [-0.05, 0) is 25.7 Å². The van der Waals surface area contributed by atoms with Gasteiger partial charge in [-0.15, -0.1) is 0 Å². The molecule has 16 heavy (non-hydrogen) atoms. The third kappa shape index (κ3) is 3.41. The van der Waals surface area contributed by atoms with Crippen molar-refractivity contribution >= 4 is 14.3 Å². The fraction of sp³-hybridized carbons (Fsp3) is 0.700. The lowest BCUT2D eigenvalue weighted by atomic mass is 9.92. The zero-order valence-corrected chi connectivity index (χ0v) is 10.7. The van der Waals surface area contributed by atoms with Crippen molar-refractivity contribution in [2.24, 2.45) is 0 Å². The molecule has 0 radical (unpaired) electrons. The van der Waals surface area contributed by atoms with Gasteiger partial charge in [0.05, 0.1) is 6.10 Å². The minimum Gasteiger partial charge on any atom is -0.517 e. The van der Waals surface area contributed by atoms with E-state index in [2.05, 4.69) is 0 Å². The van der Waals surface area contributed by atoms with E-state index >= 15 is 0 Å². The monoisotopic (exact) mass is 246 g/mol. The summed E-state index contributed by atoms with van der Waals surface area (Å²) < 4.78 is 5.24. The maximum absolute atomic E-state index is 11.7. The van der Waals surface area contributed by atoms with Crippen molar-refractivity contribution < 1.29 is 24.5 Å². The van der Waals surface area contributed by atoms with Crippen LogP contribution in [0.15, 0.2) is 11.6 Å². The largest absolute Gasteiger partial charge is 0.517 e. The summed E-state index contributed by atoms with van der Waals surface area (Å²) in [6.07, 6.45) is -2.30. The first-order valence-electron chi connectivity index (χ1n) is 5.19. The predicted octanol–water partition coefficient (Wildman–Crippen LogP) is -0.223. The van der Waals surface area contributed by atoms with Crippen LogP contribution in [0.4, 0.5) is 0 Å². The molecule has 0 amide bonds. The van der Waals surface area contributed by atoms with E-state index in [0.29, 0.717) is 0 Å². The Morgan fingerprint density at radius 1 is 1.38 bits per heavy atom. The summed E-state index contributed by atoms with van der Waals surface area (Å²) in [5.41, 5.74) is 0.229. The molecule has 0 spiro atoms. The Morgan fingerprint density at radius 2 is 1.94 bits per heavy atom. The van der Waals surface area contributed by atoms with E-state index in [9.17, 15) is 20.1 Å². The van der Waals surface area contributed by atoms with Gasteiger partial charge in [0.15, 0.2) is 0 Å². The van der Waals surface area contributed by atoms with Crippen LogP contribution in [-0.2, 0) is 9.22 Å². The van der Waals surface area contributed by atoms with E-state index < -0.39 is 32.6 Å². The van der Waals surface area contributed by atoms with Crippen LogP contribution in [0.3, 0.4) is 0 Å². The summed E-state index contributed by atoms with van der Waals surface area (Å²) in [5.74, 6) is -0.510. The van der Waals surface area contributed by atoms with Crippen molar-refractivity contribution in [2.45, 2.75) is 44.4 Å². The highest BCUT2D eigenvalue weighted by molar-refractivity contribution is 6.71. The summed E-state index contributed by atoms with van der Waals surface area (Å²) in [4.78, 5) is 11.7. The van der Waals surface area contributed by atoms with Gasteiger partial charge in [0.25, 0.3) is 0 Å². The van der Waals surface area contributed by atoms with Crippen molar-refractivity contribution in [1.29, 1.82) is 0 Å². The van der Waals surface area contributed by atoms with Gasteiger partial charge in [-0.25, -0.2) is 4.79 Å². The SMILES string of the molecule is C[Si](C)(C)OC(=O)C1=C[C@@H](O)[C@H](O)[C@@H](O)C1. The van der Waals surface area contributed by atoms with Crippen molar-refractivity contribution in [2.75, 3.05) is 0 Å². The van der Waals surface area contributed by atoms with Gasteiger partial charge < -0.3 is 19.7 Å². The van der Waals surface area contributed by atoms with Crippen molar-refractivity contribution in [3.05, 3.63) is 11.6 Å².